The fourth-order valence-electron chi connectivity index (χ4n) is 2.14. The molecule has 0 saturated heterocycles. The summed E-state index contributed by atoms with van der Waals surface area (Å²) < 4.78 is 4.36. The van der Waals surface area contributed by atoms with Crippen molar-refractivity contribution in [2.24, 2.45) is 7.05 Å². The molecule has 2 aromatic heterocycles. The van der Waals surface area contributed by atoms with Crippen LogP contribution in [0.4, 0.5) is 0 Å². The lowest BCUT2D eigenvalue weighted by Gasteiger charge is -2.07. The van der Waals surface area contributed by atoms with E-state index in [0.29, 0.717) is 6.54 Å². The molecule has 0 saturated carbocycles. The molecule has 0 aliphatic rings. The van der Waals surface area contributed by atoms with Gasteiger partial charge in [0.05, 0.1) is 6.54 Å². The van der Waals surface area contributed by atoms with Crippen molar-refractivity contribution in [1.82, 2.24) is 14.3 Å². The Bertz CT molecular complexity index is 790. The van der Waals surface area contributed by atoms with Gasteiger partial charge < -0.3 is 4.57 Å². The maximum Gasteiger partial charge on any atom is 0.258 e. The molecule has 5 heteroatoms. The number of halogens is 1. The van der Waals surface area contributed by atoms with Crippen LogP contribution in [0.2, 0.25) is 0 Å². The molecule has 96 valence electrons. The van der Waals surface area contributed by atoms with Gasteiger partial charge in [-0.25, -0.2) is 0 Å². The molecule has 0 amide bonds. The third kappa shape index (κ3) is 2.21. The van der Waals surface area contributed by atoms with Gasteiger partial charge in [0.2, 0.25) is 0 Å². The van der Waals surface area contributed by atoms with Gasteiger partial charge in [0, 0.05) is 40.9 Å². The van der Waals surface area contributed by atoms with Gasteiger partial charge in [-0.1, -0.05) is 6.07 Å². The average molecular weight is 318 g/mol. The van der Waals surface area contributed by atoms with Crippen LogP contribution in [0.5, 0.6) is 0 Å². The Morgan fingerprint density at radius 2 is 2.16 bits per heavy atom. The second-order valence-electron chi connectivity index (χ2n) is 4.48. The minimum absolute atomic E-state index is 0.0174. The van der Waals surface area contributed by atoms with Crippen LogP contribution in [-0.4, -0.2) is 14.3 Å². The van der Waals surface area contributed by atoms with E-state index in [1.165, 1.54) is 0 Å². The molecule has 2 heterocycles. The Balaban J connectivity index is 2.13. The van der Waals surface area contributed by atoms with Crippen molar-refractivity contribution >= 4 is 26.7 Å². The van der Waals surface area contributed by atoms with Crippen molar-refractivity contribution in [3.63, 3.8) is 0 Å². The van der Waals surface area contributed by atoms with E-state index in [1.54, 1.807) is 24.0 Å². The fourth-order valence-corrected chi connectivity index (χ4v) is 2.78. The van der Waals surface area contributed by atoms with Crippen LogP contribution in [0.3, 0.4) is 0 Å². The van der Waals surface area contributed by atoms with E-state index in [9.17, 15) is 4.79 Å². The number of pyridine rings is 1. The molecule has 3 aromatic rings. The number of nitrogens with zero attached hydrogens (tertiary/aromatic N) is 3. The Hall–Kier alpha value is -1.88. The van der Waals surface area contributed by atoms with E-state index >= 15 is 0 Å². The molecule has 0 fully saturated rings. The molecule has 3 rings (SSSR count). The predicted molar refractivity (Wildman–Crippen MR) is 78.2 cm³/mol. The molecule has 19 heavy (non-hydrogen) atoms. The van der Waals surface area contributed by atoms with Crippen LogP contribution in [-0.2, 0) is 13.6 Å². The van der Waals surface area contributed by atoms with Crippen molar-refractivity contribution in [2.75, 3.05) is 0 Å². The Labute approximate surface area is 118 Å². The number of fused-ring (bicyclic) bond motifs is 1. The molecule has 0 atom stereocenters. The van der Waals surface area contributed by atoms with Crippen LogP contribution in [0.25, 0.3) is 10.8 Å². The number of benzene rings is 1. The molecule has 0 aliphatic heterocycles. The van der Waals surface area contributed by atoms with E-state index in [1.807, 2.05) is 35.1 Å². The van der Waals surface area contributed by atoms with Crippen LogP contribution >= 0.6 is 15.9 Å². The zero-order valence-electron chi connectivity index (χ0n) is 10.4. The summed E-state index contributed by atoms with van der Waals surface area (Å²) in [6, 6.07) is 7.77. The first-order valence-corrected chi connectivity index (χ1v) is 6.69. The van der Waals surface area contributed by atoms with Gasteiger partial charge in [-0.3, -0.25) is 9.48 Å². The van der Waals surface area contributed by atoms with Gasteiger partial charge in [-0.15, -0.1) is 0 Å². The summed E-state index contributed by atoms with van der Waals surface area (Å²) >= 11 is 3.51. The van der Waals surface area contributed by atoms with Crippen molar-refractivity contribution in [3.8, 4) is 0 Å². The van der Waals surface area contributed by atoms with E-state index in [0.717, 1.165) is 20.8 Å². The highest BCUT2D eigenvalue weighted by atomic mass is 79.9. The molecular formula is C14H12BrN3O. The lowest BCUT2D eigenvalue weighted by molar-refractivity contribution is 0.687. The monoisotopic (exact) mass is 317 g/mol. The standard InChI is InChI=1S/C14H12BrN3O/c1-17-9-13(15)12-7-10(3-4-11(12)14(17)19)8-18-6-2-5-16-18/h2-7,9H,8H2,1H3. The summed E-state index contributed by atoms with van der Waals surface area (Å²) in [7, 11) is 1.75. The number of aromatic nitrogens is 3. The van der Waals surface area contributed by atoms with Gasteiger partial charge in [-0.2, -0.15) is 5.10 Å². The first-order chi connectivity index (χ1) is 9.15. The smallest absolute Gasteiger partial charge is 0.258 e. The molecule has 0 spiro atoms. The lowest BCUT2D eigenvalue weighted by Crippen LogP contribution is -2.16. The third-order valence-electron chi connectivity index (χ3n) is 3.10. The normalized spacial score (nSPS) is 11.1. The average Bonchev–Trinajstić information content (AvgIpc) is 2.89. The summed E-state index contributed by atoms with van der Waals surface area (Å²) in [6.07, 6.45) is 5.47. The summed E-state index contributed by atoms with van der Waals surface area (Å²) in [5.41, 5.74) is 1.13. The Morgan fingerprint density at radius 1 is 1.32 bits per heavy atom. The lowest BCUT2D eigenvalue weighted by atomic mass is 10.1. The maximum atomic E-state index is 12.0. The Kier molecular flexibility index (Phi) is 2.98. The molecule has 0 aliphatic carbocycles. The minimum Gasteiger partial charge on any atom is -0.317 e. The van der Waals surface area contributed by atoms with Crippen LogP contribution < -0.4 is 5.56 Å². The van der Waals surface area contributed by atoms with Crippen molar-refractivity contribution in [1.29, 1.82) is 0 Å². The molecule has 0 bridgehead atoms. The highest BCUT2D eigenvalue weighted by molar-refractivity contribution is 9.10. The van der Waals surface area contributed by atoms with Gasteiger partial charge in [0.15, 0.2) is 0 Å². The predicted octanol–water partition coefficient (Wildman–Crippen LogP) is 2.55. The van der Waals surface area contributed by atoms with Gasteiger partial charge in [0.1, 0.15) is 0 Å². The first-order valence-electron chi connectivity index (χ1n) is 5.90. The van der Waals surface area contributed by atoms with Crippen molar-refractivity contribution in [3.05, 3.63) is 63.2 Å². The van der Waals surface area contributed by atoms with Crippen LogP contribution in [0.1, 0.15) is 5.56 Å². The van der Waals surface area contributed by atoms with Crippen LogP contribution in [0, 0.1) is 0 Å². The summed E-state index contributed by atoms with van der Waals surface area (Å²) in [5.74, 6) is 0. The number of hydrogen-bond acceptors (Lipinski definition) is 2. The Morgan fingerprint density at radius 3 is 2.89 bits per heavy atom. The quantitative estimate of drug-likeness (QED) is 0.728. The van der Waals surface area contributed by atoms with Crippen molar-refractivity contribution in [2.45, 2.75) is 6.54 Å². The van der Waals surface area contributed by atoms with E-state index in [4.69, 9.17) is 0 Å². The van der Waals surface area contributed by atoms with Crippen LogP contribution in [0.15, 0.2) is 52.1 Å². The SMILES string of the molecule is Cn1cc(Br)c2cc(Cn3cccn3)ccc2c1=O. The van der Waals surface area contributed by atoms with E-state index < -0.39 is 0 Å². The maximum absolute atomic E-state index is 12.0. The second-order valence-corrected chi connectivity index (χ2v) is 5.33. The molecule has 0 N–H and O–H groups in total. The van der Waals surface area contributed by atoms with Gasteiger partial charge in [0.25, 0.3) is 5.56 Å². The molecule has 4 nitrogen and oxygen atoms in total. The summed E-state index contributed by atoms with van der Waals surface area (Å²) in [4.78, 5) is 12.0. The molecule has 0 unspecified atom stereocenters. The number of rotatable bonds is 2. The number of aryl methyl sites for hydroxylation is 1. The molecule has 1 aromatic carbocycles. The van der Waals surface area contributed by atoms with Gasteiger partial charge >= 0.3 is 0 Å². The highest BCUT2D eigenvalue weighted by Gasteiger charge is 2.06. The van der Waals surface area contributed by atoms with Crippen molar-refractivity contribution < 1.29 is 0 Å². The van der Waals surface area contributed by atoms with E-state index in [2.05, 4.69) is 21.0 Å². The molecular weight excluding hydrogens is 306 g/mol. The molecule has 0 radical (unpaired) electrons. The topological polar surface area (TPSA) is 39.8 Å². The summed E-state index contributed by atoms with van der Waals surface area (Å²) in [5, 5.41) is 5.85. The van der Waals surface area contributed by atoms with Gasteiger partial charge in [-0.05, 0) is 39.7 Å². The largest absolute Gasteiger partial charge is 0.317 e. The highest BCUT2D eigenvalue weighted by Crippen LogP contribution is 2.22. The third-order valence-corrected chi connectivity index (χ3v) is 3.73. The first kappa shape index (κ1) is 12.2. The fraction of sp³-hybridized carbons (Fsp3) is 0.143. The minimum atomic E-state index is 0.0174. The second kappa shape index (κ2) is 4.66. The summed E-state index contributed by atoms with van der Waals surface area (Å²) in [6.45, 7) is 0.699. The van der Waals surface area contributed by atoms with E-state index in [-0.39, 0.29) is 5.56 Å². The number of hydrogen-bond donors (Lipinski definition) is 0. The zero-order valence-corrected chi connectivity index (χ0v) is 12.0. The zero-order chi connectivity index (χ0) is 13.4.